The van der Waals surface area contributed by atoms with Gasteiger partial charge in [-0.25, -0.2) is 13.2 Å². The molecule has 9 heteroatoms. The quantitative estimate of drug-likeness (QED) is 0.219. The molecule has 0 radical (unpaired) electrons. The van der Waals surface area contributed by atoms with Gasteiger partial charge in [0.15, 0.2) is 14.6 Å². The third kappa shape index (κ3) is 3.73. The number of hydrogen-bond acceptors (Lipinski definition) is 6. The Morgan fingerprint density at radius 3 is 2.68 bits per heavy atom. The van der Waals surface area contributed by atoms with Crippen molar-refractivity contribution in [2.45, 2.75) is 11.4 Å². The van der Waals surface area contributed by atoms with Gasteiger partial charge in [0.2, 0.25) is 0 Å². The predicted octanol–water partition coefficient (Wildman–Crippen LogP) is 3.74. The SMILES string of the molecule is C#CCn1c(=NC(=O)c2cc3c(ccc4ccccc43)oc2=O)sc2cc(S(C)(=O)=O)ccc21. The van der Waals surface area contributed by atoms with E-state index in [0.717, 1.165) is 28.4 Å². The minimum atomic E-state index is -3.41. The first-order valence-electron chi connectivity index (χ1n) is 10.1. The lowest BCUT2D eigenvalue weighted by Gasteiger charge is -2.04. The molecule has 3 aromatic carbocycles. The van der Waals surface area contributed by atoms with Crippen molar-refractivity contribution in [1.29, 1.82) is 0 Å². The van der Waals surface area contributed by atoms with Crippen molar-refractivity contribution in [3.05, 3.63) is 81.4 Å². The molecule has 0 unspecified atom stereocenters. The molecule has 0 N–H and O–H groups in total. The van der Waals surface area contributed by atoms with Crippen LogP contribution in [0.4, 0.5) is 0 Å². The zero-order valence-corrected chi connectivity index (χ0v) is 19.4. The van der Waals surface area contributed by atoms with Crippen LogP contribution in [-0.4, -0.2) is 25.1 Å². The summed E-state index contributed by atoms with van der Waals surface area (Å²) in [5.74, 6) is 1.74. The molecule has 5 aromatic rings. The van der Waals surface area contributed by atoms with Crippen LogP contribution in [-0.2, 0) is 16.4 Å². The number of hydrogen-bond donors (Lipinski definition) is 0. The number of rotatable bonds is 3. The van der Waals surface area contributed by atoms with E-state index in [1.807, 2.05) is 30.3 Å². The second-order valence-corrected chi connectivity index (χ2v) is 10.7. The van der Waals surface area contributed by atoms with E-state index < -0.39 is 21.4 Å². The lowest BCUT2D eigenvalue weighted by Crippen LogP contribution is -2.19. The molecule has 0 saturated heterocycles. The van der Waals surface area contributed by atoms with Gasteiger partial charge in [0.1, 0.15) is 11.1 Å². The smallest absolute Gasteiger partial charge is 0.349 e. The third-order valence-electron chi connectivity index (χ3n) is 5.40. The molecular weight excluding hydrogens is 472 g/mol. The van der Waals surface area contributed by atoms with Gasteiger partial charge in [0.05, 0.1) is 21.7 Å². The summed E-state index contributed by atoms with van der Waals surface area (Å²) in [5.41, 5.74) is 0.0159. The zero-order valence-electron chi connectivity index (χ0n) is 17.8. The summed E-state index contributed by atoms with van der Waals surface area (Å²) in [6.07, 6.45) is 6.63. The summed E-state index contributed by atoms with van der Waals surface area (Å²) in [7, 11) is -3.41. The van der Waals surface area contributed by atoms with E-state index in [2.05, 4.69) is 10.9 Å². The number of nitrogens with zero attached hydrogens (tertiary/aromatic N) is 2. The predicted molar refractivity (Wildman–Crippen MR) is 132 cm³/mol. The molecule has 1 amide bonds. The Bertz CT molecular complexity index is 1920. The van der Waals surface area contributed by atoms with E-state index in [1.165, 1.54) is 18.2 Å². The number of sulfone groups is 1. The minimum Gasteiger partial charge on any atom is -0.422 e. The van der Waals surface area contributed by atoms with Crippen LogP contribution < -0.4 is 10.4 Å². The lowest BCUT2D eigenvalue weighted by atomic mass is 10.0. The van der Waals surface area contributed by atoms with E-state index in [4.69, 9.17) is 10.8 Å². The number of aromatic nitrogens is 1. The number of fused-ring (bicyclic) bond motifs is 4. The van der Waals surface area contributed by atoms with Gasteiger partial charge in [0, 0.05) is 11.6 Å². The van der Waals surface area contributed by atoms with Gasteiger partial charge in [-0.05, 0) is 41.1 Å². The van der Waals surface area contributed by atoms with Crippen LogP contribution >= 0.6 is 11.3 Å². The van der Waals surface area contributed by atoms with Crippen molar-refractivity contribution in [2.24, 2.45) is 4.99 Å². The first-order valence-corrected chi connectivity index (χ1v) is 12.8. The number of thiazole rings is 1. The van der Waals surface area contributed by atoms with Crippen molar-refractivity contribution in [2.75, 3.05) is 6.26 Å². The summed E-state index contributed by atoms with van der Waals surface area (Å²) in [6.45, 7) is 0.112. The molecule has 7 nitrogen and oxygen atoms in total. The van der Waals surface area contributed by atoms with Crippen LogP contribution in [0.2, 0.25) is 0 Å². The van der Waals surface area contributed by atoms with Gasteiger partial charge in [-0.3, -0.25) is 4.79 Å². The normalized spacial score (nSPS) is 12.4. The minimum absolute atomic E-state index is 0.112. The average Bonchev–Trinajstić information content (AvgIpc) is 3.14. The van der Waals surface area contributed by atoms with E-state index in [-0.39, 0.29) is 21.8 Å². The molecule has 34 heavy (non-hydrogen) atoms. The van der Waals surface area contributed by atoms with Gasteiger partial charge < -0.3 is 8.98 Å². The van der Waals surface area contributed by atoms with Gasteiger partial charge >= 0.3 is 5.63 Å². The highest BCUT2D eigenvalue weighted by molar-refractivity contribution is 7.90. The highest BCUT2D eigenvalue weighted by Crippen LogP contribution is 2.25. The first-order chi connectivity index (χ1) is 16.3. The number of benzene rings is 3. The van der Waals surface area contributed by atoms with Gasteiger partial charge in [0.25, 0.3) is 5.91 Å². The summed E-state index contributed by atoms with van der Waals surface area (Å²) < 4.78 is 31.5. The molecular formula is C25H16N2O5S2. The molecule has 2 heterocycles. The van der Waals surface area contributed by atoms with Gasteiger partial charge in [-0.2, -0.15) is 4.99 Å². The molecule has 0 aliphatic heterocycles. The topological polar surface area (TPSA) is 98.7 Å². The summed E-state index contributed by atoms with van der Waals surface area (Å²) >= 11 is 1.11. The molecule has 0 aliphatic carbocycles. The lowest BCUT2D eigenvalue weighted by molar-refractivity contribution is 0.0994. The van der Waals surface area contributed by atoms with Crippen LogP contribution in [0, 0.1) is 12.3 Å². The summed E-state index contributed by atoms with van der Waals surface area (Å²) in [6, 6.07) is 17.2. The van der Waals surface area contributed by atoms with Crippen LogP contribution in [0.15, 0.2) is 79.8 Å². The average molecular weight is 489 g/mol. The van der Waals surface area contributed by atoms with E-state index in [9.17, 15) is 18.0 Å². The number of carbonyl (C=O) groups is 1. The number of carbonyl (C=O) groups excluding carboxylic acids is 1. The van der Waals surface area contributed by atoms with Crippen molar-refractivity contribution in [3.8, 4) is 12.3 Å². The molecule has 168 valence electrons. The highest BCUT2D eigenvalue weighted by Gasteiger charge is 2.17. The van der Waals surface area contributed by atoms with Crippen molar-refractivity contribution >= 4 is 59.0 Å². The maximum absolute atomic E-state index is 13.1. The molecule has 0 bridgehead atoms. The van der Waals surface area contributed by atoms with E-state index in [1.54, 1.807) is 16.7 Å². The second kappa shape index (κ2) is 8.09. The standard InChI is InChI=1S/C25H16N2O5S2/c1-3-12-27-20-10-9-16(34(2,30)31)13-22(20)33-25(27)26-23(28)19-14-18-17-7-5-4-6-15(17)8-11-21(18)32-24(19)29/h1,4-11,13-14H,12H2,2H3. The van der Waals surface area contributed by atoms with Gasteiger partial charge in [-0.15, -0.1) is 6.42 Å². The van der Waals surface area contributed by atoms with E-state index in [0.29, 0.717) is 21.2 Å². The fraction of sp³-hybridized carbons (Fsp3) is 0.0800. The van der Waals surface area contributed by atoms with Crippen LogP contribution in [0.1, 0.15) is 10.4 Å². The zero-order chi connectivity index (χ0) is 24.0. The Balaban J connectivity index is 1.71. The maximum atomic E-state index is 13.1. The van der Waals surface area contributed by atoms with Crippen molar-refractivity contribution in [3.63, 3.8) is 0 Å². The molecule has 0 atom stereocenters. The molecule has 0 fully saturated rings. The third-order valence-corrected chi connectivity index (χ3v) is 7.55. The van der Waals surface area contributed by atoms with Crippen LogP contribution in [0.25, 0.3) is 32.0 Å². The molecule has 5 rings (SSSR count). The van der Waals surface area contributed by atoms with E-state index >= 15 is 0 Å². The Morgan fingerprint density at radius 2 is 1.91 bits per heavy atom. The van der Waals surface area contributed by atoms with Crippen LogP contribution in [0.5, 0.6) is 0 Å². The largest absolute Gasteiger partial charge is 0.422 e. The molecule has 0 aliphatic rings. The highest BCUT2D eigenvalue weighted by atomic mass is 32.2. The van der Waals surface area contributed by atoms with Crippen LogP contribution in [0.3, 0.4) is 0 Å². The van der Waals surface area contributed by atoms with Gasteiger partial charge in [-0.1, -0.05) is 47.6 Å². The number of amides is 1. The molecule has 2 aromatic heterocycles. The summed E-state index contributed by atoms with van der Waals surface area (Å²) in [4.78, 5) is 30.2. The Labute approximate surface area is 197 Å². The van der Waals surface area contributed by atoms with Crippen molar-refractivity contribution < 1.29 is 17.6 Å². The fourth-order valence-corrected chi connectivity index (χ4v) is 5.57. The molecule has 0 saturated carbocycles. The Kier molecular flexibility index (Phi) is 5.20. The number of terminal acetylenes is 1. The Morgan fingerprint density at radius 1 is 1.12 bits per heavy atom. The summed E-state index contributed by atoms with van der Waals surface area (Å²) in [5, 5.41) is 2.41. The maximum Gasteiger partial charge on any atom is 0.349 e. The fourth-order valence-electron chi connectivity index (χ4n) is 3.78. The second-order valence-electron chi connectivity index (χ2n) is 7.64. The Hall–Kier alpha value is -4.00. The monoisotopic (exact) mass is 488 g/mol. The van der Waals surface area contributed by atoms with Crippen molar-refractivity contribution in [1.82, 2.24) is 4.57 Å². The molecule has 0 spiro atoms. The first kappa shape index (κ1) is 21.8.